The second kappa shape index (κ2) is 5.21. The van der Waals surface area contributed by atoms with Gasteiger partial charge in [0.15, 0.2) is 0 Å². The van der Waals surface area contributed by atoms with Crippen molar-refractivity contribution in [3.05, 3.63) is 29.8 Å². The molecule has 2 fully saturated rings. The lowest BCUT2D eigenvalue weighted by atomic mass is 9.88. The van der Waals surface area contributed by atoms with Crippen LogP contribution in [-0.2, 0) is 0 Å². The summed E-state index contributed by atoms with van der Waals surface area (Å²) >= 11 is 0. The standard InChI is InChI=1S/C15H20N2O2/c1-19-14-4-2-3-11(7-14)15(18)17-6-5-12-8-16-9-13(12)10-17/h2-4,7,12-13,16H,5-6,8-10H2,1H3. The molecule has 3 rings (SSSR count). The number of nitrogens with one attached hydrogen (secondary N) is 1. The highest BCUT2D eigenvalue weighted by atomic mass is 16.5. The van der Waals surface area contributed by atoms with E-state index >= 15 is 0 Å². The van der Waals surface area contributed by atoms with Gasteiger partial charge in [-0.25, -0.2) is 0 Å². The van der Waals surface area contributed by atoms with Crippen molar-refractivity contribution in [2.45, 2.75) is 6.42 Å². The maximum absolute atomic E-state index is 12.5. The monoisotopic (exact) mass is 260 g/mol. The SMILES string of the molecule is COc1cccc(C(=O)N2CCC3CNCC3C2)c1. The second-order valence-corrected chi connectivity index (χ2v) is 5.45. The van der Waals surface area contributed by atoms with Gasteiger partial charge >= 0.3 is 0 Å². The van der Waals surface area contributed by atoms with Crippen molar-refractivity contribution in [3.63, 3.8) is 0 Å². The van der Waals surface area contributed by atoms with Crippen LogP contribution in [0, 0.1) is 11.8 Å². The average molecular weight is 260 g/mol. The maximum atomic E-state index is 12.5. The Hall–Kier alpha value is -1.55. The second-order valence-electron chi connectivity index (χ2n) is 5.45. The topological polar surface area (TPSA) is 41.6 Å². The number of amides is 1. The van der Waals surface area contributed by atoms with E-state index in [0.29, 0.717) is 5.92 Å². The van der Waals surface area contributed by atoms with Crippen LogP contribution in [0.4, 0.5) is 0 Å². The molecule has 2 unspecified atom stereocenters. The predicted octanol–water partition coefficient (Wildman–Crippen LogP) is 1.38. The van der Waals surface area contributed by atoms with E-state index in [9.17, 15) is 4.79 Å². The zero-order valence-electron chi connectivity index (χ0n) is 11.3. The summed E-state index contributed by atoms with van der Waals surface area (Å²) in [7, 11) is 1.62. The van der Waals surface area contributed by atoms with E-state index in [-0.39, 0.29) is 5.91 Å². The molecular weight excluding hydrogens is 240 g/mol. The highest BCUT2D eigenvalue weighted by Crippen LogP contribution is 2.27. The summed E-state index contributed by atoms with van der Waals surface area (Å²) in [5.41, 5.74) is 0.726. The van der Waals surface area contributed by atoms with Crippen LogP contribution in [0.5, 0.6) is 5.75 Å². The zero-order valence-corrected chi connectivity index (χ0v) is 11.3. The fourth-order valence-electron chi connectivity index (χ4n) is 3.16. The van der Waals surface area contributed by atoms with E-state index in [4.69, 9.17) is 4.74 Å². The Labute approximate surface area is 113 Å². The van der Waals surface area contributed by atoms with Crippen LogP contribution >= 0.6 is 0 Å². The average Bonchev–Trinajstić information content (AvgIpc) is 2.94. The minimum atomic E-state index is 0.129. The molecule has 4 nitrogen and oxygen atoms in total. The molecule has 0 aromatic heterocycles. The molecule has 102 valence electrons. The van der Waals surface area contributed by atoms with E-state index in [1.807, 2.05) is 29.2 Å². The summed E-state index contributed by atoms with van der Waals surface area (Å²) in [6.45, 7) is 3.92. The molecule has 2 saturated heterocycles. The minimum Gasteiger partial charge on any atom is -0.497 e. The van der Waals surface area contributed by atoms with Crippen molar-refractivity contribution in [1.29, 1.82) is 0 Å². The lowest BCUT2D eigenvalue weighted by Gasteiger charge is -2.34. The first-order valence-electron chi connectivity index (χ1n) is 6.92. The molecule has 0 aliphatic carbocycles. The third kappa shape index (κ3) is 2.45. The van der Waals surface area contributed by atoms with Gasteiger partial charge in [0, 0.05) is 18.7 Å². The number of fused-ring (bicyclic) bond motifs is 1. The number of carbonyl (C=O) groups is 1. The third-order valence-corrected chi connectivity index (χ3v) is 4.31. The summed E-state index contributed by atoms with van der Waals surface area (Å²) in [6.07, 6.45) is 1.12. The molecule has 0 radical (unpaired) electrons. The van der Waals surface area contributed by atoms with E-state index in [2.05, 4.69) is 5.32 Å². The molecule has 19 heavy (non-hydrogen) atoms. The Morgan fingerprint density at radius 3 is 3.05 bits per heavy atom. The number of likely N-dealkylation sites (tertiary alicyclic amines) is 1. The molecule has 1 aromatic carbocycles. The number of methoxy groups -OCH3 is 1. The van der Waals surface area contributed by atoms with Crippen LogP contribution in [0.1, 0.15) is 16.8 Å². The molecule has 0 spiro atoms. The fraction of sp³-hybridized carbons (Fsp3) is 0.533. The van der Waals surface area contributed by atoms with Crippen LogP contribution in [-0.4, -0.2) is 44.1 Å². The van der Waals surface area contributed by atoms with Crippen LogP contribution < -0.4 is 10.1 Å². The first-order valence-corrected chi connectivity index (χ1v) is 6.92. The number of carbonyl (C=O) groups excluding carboxylic acids is 1. The number of rotatable bonds is 2. The summed E-state index contributed by atoms with van der Waals surface area (Å²) in [4.78, 5) is 14.5. The Morgan fingerprint density at radius 1 is 1.37 bits per heavy atom. The van der Waals surface area contributed by atoms with Crippen LogP contribution in [0.2, 0.25) is 0 Å². The molecule has 1 amide bonds. The predicted molar refractivity (Wildman–Crippen MR) is 73.4 cm³/mol. The van der Waals surface area contributed by atoms with Gasteiger partial charge in [0.05, 0.1) is 7.11 Å². The van der Waals surface area contributed by atoms with Gasteiger partial charge in [-0.15, -0.1) is 0 Å². The molecule has 0 bridgehead atoms. The number of hydrogen-bond donors (Lipinski definition) is 1. The smallest absolute Gasteiger partial charge is 0.253 e. The first-order chi connectivity index (χ1) is 9.28. The lowest BCUT2D eigenvalue weighted by Crippen LogP contribution is -2.43. The number of nitrogens with zero attached hydrogens (tertiary/aromatic N) is 1. The maximum Gasteiger partial charge on any atom is 0.253 e. The normalized spacial score (nSPS) is 26.1. The number of hydrogen-bond acceptors (Lipinski definition) is 3. The number of benzene rings is 1. The molecule has 4 heteroatoms. The Bertz CT molecular complexity index is 475. The van der Waals surface area contributed by atoms with Crippen LogP contribution in [0.15, 0.2) is 24.3 Å². The first kappa shape index (κ1) is 12.5. The van der Waals surface area contributed by atoms with Gasteiger partial charge in [-0.05, 0) is 49.5 Å². The van der Waals surface area contributed by atoms with Gasteiger partial charge in [-0.3, -0.25) is 4.79 Å². The van der Waals surface area contributed by atoms with Gasteiger partial charge in [0.1, 0.15) is 5.75 Å². The molecule has 2 aliphatic heterocycles. The minimum absolute atomic E-state index is 0.129. The van der Waals surface area contributed by atoms with Crippen molar-refractivity contribution < 1.29 is 9.53 Å². The van der Waals surface area contributed by atoms with E-state index in [0.717, 1.165) is 49.8 Å². The highest BCUT2D eigenvalue weighted by molar-refractivity contribution is 5.94. The molecule has 2 heterocycles. The zero-order chi connectivity index (χ0) is 13.2. The number of piperidine rings is 1. The molecule has 0 saturated carbocycles. The van der Waals surface area contributed by atoms with Crippen LogP contribution in [0.3, 0.4) is 0 Å². The quantitative estimate of drug-likeness (QED) is 0.873. The Balaban J connectivity index is 1.72. The van der Waals surface area contributed by atoms with Gasteiger partial charge < -0.3 is 15.0 Å². The molecular formula is C15H20N2O2. The van der Waals surface area contributed by atoms with Crippen molar-refractivity contribution in [1.82, 2.24) is 10.2 Å². The summed E-state index contributed by atoms with van der Waals surface area (Å²) in [6, 6.07) is 7.42. The third-order valence-electron chi connectivity index (χ3n) is 4.31. The molecule has 1 N–H and O–H groups in total. The van der Waals surface area contributed by atoms with Crippen molar-refractivity contribution >= 4 is 5.91 Å². The van der Waals surface area contributed by atoms with Crippen molar-refractivity contribution in [2.24, 2.45) is 11.8 Å². The van der Waals surface area contributed by atoms with Gasteiger partial charge in [0.2, 0.25) is 0 Å². The number of ether oxygens (including phenoxy) is 1. The summed E-state index contributed by atoms with van der Waals surface area (Å²) in [5.74, 6) is 2.25. The van der Waals surface area contributed by atoms with Crippen molar-refractivity contribution in [3.8, 4) is 5.75 Å². The van der Waals surface area contributed by atoms with Crippen molar-refractivity contribution in [2.75, 3.05) is 33.3 Å². The van der Waals surface area contributed by atoms with Gasteiger partial charge in [-0.2, -0.15) is 0 Å². The highest BCUT2D eigenvalue weighted by Gasteiger charge is 2.34. The lowest BCUT2D eigenvalue weighted by molar-refractivity contribution is 0.0642. The summed E-state index contributed by atoms with van der Waals surface area (Å²) < 4.78 is 5.18. The fourth-order valence-corrected chi connectivity index (χ4v) is 3.16. The molecule has 2 atom stereocenters. The molecule has 2 aliphatic rings. The van der Waals surface area contributed by atoms with Gasteiger partial charge in [-0.1, -0.05) is 6.07 Å². The Kier molecular flexibility index (Phi) is 3.42. The summed E-state index contributed by atoms with van der Waals surface area (Å²) in [5, 5.41) is 3.42. The molecule has 1 aromatic rings. The largest absolute Gasteiger partial charge is 0.497 e. The van der Waals surface area contributed by atoms with E-state index < -0.39 is 0 Å². The van der Waals surface area contributed by atoms with E-state index in [1.165, 1.54) is 0 Å². The van der Waals surface area contributed by atoms with E-state index in [1.54, 1.807) is 7.11 Å². The Morgan fingerprint density at radius 2 is 2.21 bits per heavy atom. The van der Waals surface area contributed by atoms with Crippen LogP contribution in [0.25, 0.3) is 0 Å². The van der Waals surface area contributed by atoms with Gasteiger partial charge in [0.25, 0.3) is 5.91 Å².